The predicted molar refractivity (Wildman–Crippen MR) is 107 cm³/mol. The molecule has 1 fully saturated rings. The topological polar surface area (TPSA) is 162 Å². The van der Waals surface area contributed by atoms with Crippen molar-refractivity contribution in [3.63, 3.8) is 0 Å². The fraction of sp³-hybridized carbons (Fsp3) is 0.833. The van der Waals surface area contributed by atoms with E-state index in [0.29, 0.717) is 19.3 Å². The Morgan fingerprint density at radius 2 is 1.90 bits per heavy atom. The van der Waals surface area contributed by atoms with Gasteiger partial charge >= 0.3 is 19.2 Å². The maximum atomic E-state index is 12.2. The third-order valence-corrected chi connectivity index (χ3v) is 5.14. The number of hydrogen-bond acceptors (Lipinski definition) is 7. The van der Waals surface area contributed by atoms with Crippen LogP contribution in [0.4, 0.5) is 4.79 Å². The van der Waals surface area contributed by atoms with Crippen LogP contribution in [0.5, 0.6) is 0 Å². The van der Waals surface area contributed by atoms with Crippen LogP contribution in [0.2, 0.25) is 6.32 Å². The van der Waals surface area contributed by atoms with Gasteiger partial charge in [-0.25, -0.2) is 4.79 Å². The smallest absolute Gasteiger partial charge is 0.451 e. The molecule has 1 rings (SSSR count). The molecular weight excluding hydrogens is 381 g/mol. The summed E-state index contributed by atoms with van der Waals surface area (Å²) >= 11 is 0. The number of nitrogens with zero attached hydrogens (tertiary/aromatic N) is 1. The van der Waals surface area contributed by atoms with E-state index in [4.69, 9.17) is 20.5 Å². The second kappa shape index (κ2) is 10.3. The Kier molecular flexibility index (Phi) is 8.92. The highest BCUT2D eigenvalue weighted by Crippen LogP contribution is 2.38. The molecule has 0 bridgehead atoms. The number of carbonyl (C=O) groups excluding carboxylic acids is 2. The maximum Gasteiger partial charge on any atom is 0.451 e. The SMILES string of the molecule is CN(CC(=O)NC[C@@H]1CC[C@@H](CCB(O)O)C[C@]1(N)C(=O)O)C(=O)OC(C)(C)C. The van der Waals surface area contributed by atoms with Gasteiger partial charge in [-0.2, -0.15) is 0 Å². The second-order valence-corrected chi connectivity index (χ2v) is 8.89. The first-order valence-corrected chi connectivity index (χ1v) is 9.84. The number of carboxylic acids is 1. The van der Waals surface area contributed by atoms with Crippen molar-refractivity contribution in [2.24, 2.45) is 17.6 Å². The summed E-state index contributed by atoms with van der Waals surface area (Å²) in [4.78, 5) is 37.1. The number of likely N-dealkylation sites (N-methyl/N-ethyl adjacent to an activating group) is 1. The fourth-order valence-corrected chi connectivity index (χ4v) is 3.53. The number of amides is 2. The van der Waals surface area contributed by atoms with Gasteiger partial charge in [0.15, 0.2) is 0 Å². The first kappa shape index (κ1) is 25.2. The largest absolute Gasteiger partial charge is 0.480 e. The molecule has 0 saturated heterocycles. The lowest BCUT2D eigenvalue weighted by atomic mass is 9.66. The van der Waals surface area contributed by atoms with Gasteiger partial charge < -0.3 is 35.8 Å². The Morgan fingerprint density at radius 3 is 2.41 bits per heavy atom. The lowest BCUT2D eigenvalue weighted by Crippen LogP contribution is -2.60. The van der Waals surface area contributed by atoms with Gasteiger partial charge in [0.2, 0.25) is 5.91 Å². The zero-order valence-electron chi connectivity index (χ0n) is 17.7. The molecule has 1 aliphatic rings. The quantitative estimate of drug-likeness (QED) is 0.347. The molecule has 1 aliphatic carbocycles. The van der Waals surface area contributed by atoms with E-state index in [1.165, 1.54) is 7.05 Å². The van der Waals surface area contributed by atoms with Gasteiger partial charge in [-0.15, -0.1) is 0 Å². The van der Waals surface area contributed by atoms with E-state index in [0.717, 1.165) is 4.90 Å². The highest BCUT2D eigenvalue weighted by atomic mass is 16.6. The summed E-state index contributed by atoms with van der Waals surface area (Å²) in [6.45, 7) is 5.04. The third-order valence-electron chi connectivity index (χ3n) is 5.14. The number of carbonyl (C=O) groups is 3. The molecule has 10 nitrogen and oxygen atoms in total. The Labute approximate surface area is 171 Å². The summed E-state index contributed by atoms with van der Waals surface area (Å²) in [5.74, 6) is -2.07. The zero-order chi connectivity index (χ0) is 22.4. The highest BCUT2D eigenvalue weighted by molar-refractivity contribution is 6.40. The van der Waals surface area contributed by atoms with Crippen molar-refractivity contribution in [1.82, 2.24) is 10.2 Å². The third kappa shape index (κ3) is 8.19. The van der Waals surface area contributed by atoms with Crippen molar-refractivity contribution in [3.8, 4) is 0 Å². The Balaban J connectivity index is 2.60. The average Bonchev–Trinajstić information content (AvgIpc) is 2.57. The van der Waals surface area contributed by atoms with E-state index < -0.39 is 42.1 Å². The number of carboxylic acid groups (broad SMARTS) is 1. The van der Waals surface area contributed by atoms with Gasteiger partial charge in [-0.3, -0.25) is 9.59 Å². The standard InChI is InChI=1S/C18H34BN3O7/c1-17(2,3)29-16(26)22(4)11-14(23)21-10-13-6-5-12(7-8-19(27)28)9-18(13,20)15(24)25/h12-13,27-28H,5-11,20H2,1-4H3,(H,21,23)(H,24,25)/t12-,13-,18+/m0/s1. The van der Waals surface area contributed by atoms with E-state index >= 15 is 0 Å². The lowest BCUT2D eigenvalue weighted by Gasteiger charge is -2.41. The van der Waals surface area contributed by atoms with E-state index in [1.54, 1.807) is 20.8 Å². The molecule has 0 unspecified atom stereocenters. The zero-order valence-corrected chi connectivity index (χ0v) is 17.7. The minimum atomic E-state index is -1.51. The van der Waals surface area contributed by atoms with Gasteiger partial charge in [-0.05, 0) is 52.3 Å². The van der Waals surface area contributed by atoms with Crippen LogP contribution < -0.4 is 11.1 Å². The van der Waals surface area contributed by atoms with Gasteiger partial charge in [0.25, 0.3) is 0 Å². The average molecular weight is 415 g/mol. The number of hydrogen-bond donors (Lipinski definition) is 5. The minimum absolute atomic E-state index is 0.0249. The maximum absolute atomic E-state index is 12.2. The molecule has 2 amide bonds. The normalized spacial score (nSPS) is 24.5. The van der Waals surface area contributed by atoms with Crippen molar-refractivity contribution in [3.05, 3.63) is 0 Å². The molecule has 0 heterocycles. The van der Waals surface area contributed by atoms with Crippen LogP contribution in [0, 0.1) is 11.8 Å². The van der Waals surface area contributed by atoms with Gasteiger partial charge in [0.05, 0.1) is 0 Å². The molecule has 1 saturated carbocycles. The first-order valence-electron chi connectivity index (χ1n) is 9.84. The molecule has 29 heavy (non-hydrogen) atoms. The summed E-state index contributed by atoms with van der Waals surface area (Å²) in [6.07, 6.45) is 1.41. The summed E-state index contributed by atoms with van der Waals surface area (Å²) in [6, 6.07) is 0. The molecule has 3 atom stereocenters. The molecule has 0 spiro atoms. The Bertz CT molecular complexity index is 596. The molecule has 11 heteroatoms. The van der Waals surface area contributed by atoms with E-state index in [-0.39, 0.29) is 31.7 Å². The number of aliphatic carboxylic acids is 1. The molecule has 6 N–H and O–H groups in total. The number of ether oxygens (including phenoxy) is 1. The van der Waals surface area contributed by atoms with E-state index in [2.05, 4.69) is 5.32 Å². The molecular formula is C18H34BN3O7. The van der Waals surface area contributed by atoms with E-state index in [1.807, 2.05) is 0 Å². The number of nitrogens with one attached hydrogen (secondary N) is 1. The van der Waals surface area contributed by atoms with Crippen LogP contribution >= 0.6 is 0 Å². The Morgan fingerprint density at radius 1 is 1.28 bits per heavy atom. The molecule has 166 valence electrons. The molecule has 0 radical (unpaired) electrons. The van der Waals surface area contributed by atoms with Gasteiger partial charge in [-0.1, -0.05) is 6.42 Å². The Hall–Kier alpha value is -1.85. The highest BCUT2D eigenvalue weighted by Gasteiger charge is 2.46. The van der Waals surface area contributed by atoms with Crippen LogP contribution in [-0.4, -0.2) is 76.4 Å². The minimum Gasteiger partial charge on any atom is -0.480 e. The van der Waals surface area contributed by atoms with E-state index in [9.17, 15) is 19.5 Å². The van der Waals surface area contributed by atoms with Gasteiger partial charge in [0.1, 0.15) is 17.7 Å². The predicted octanol–water partition coefficient (Wildman–Crippen LogP) is 0.0308. The lowest BCUT2D eigenvalue weighted by molar-refractivity contribution is -0.148. The molecule has 0 aliphatic heterocycles. The number of rotatable bonds is 8. The van der Waals surface area contributed by atoms with Crippen LogP contribution in [0.15, 0.2) is 0 Å². The van der Waals surface area contributed by atoms with Crippen molar-refractivity contribution in [1.29, 1.82) is 0 Å². The summed E-state index contributed by atoms with van der Waals surface area (Å²) in [7, 11) is 0.0183. The van der Waals surface area contributed by atoms with Crippen molar-refractivity contribution < 1.29 is 34.3 Å². The fourth-order valence-electron chi connectivity index (χ4n) is 3.53. The molecule has 0 aromatic carbocycles. The van der Waals surface area contributed by atoms with Crippen molar-refractivity contribution in [2.75, 3.05) is 20.1 Å². The van der Waals surface area contributed by atoms with Crippen LogP contribution in [0.1, 0.15) is 46.5 Å². The van der Waals surface area contributed by atoms with Crippen molar-refractivity contribution in [2.45, 2.75) is 63.9 Å². The van der Waals surface area contributed by atoms with Crippen LogP contribution in [-0.2, 0) is 14.3 Å². The molecule has 0 aromatic heterocycles. The molecule has 0 aromatic rings. The van der Waals surface area contributed by atoms with Crippen molar-refractivity contribution >= 4 is 25.1 Å². The monoisotopic (exact) mass is 415 g/mol. The van der Waals surface area contributed by atoms with Crippen LogP contribution in [0.25, 0.3) is 0 Å². The summed E-state index contributed by atoms with van der Waals surface area (Å²) < 4.78 is 5.18. The van der Waals surface area contributed by atoms with Crippen LogP contribution in [0.3, 0.4) is 0 Å². The second-order valence-electron chi connectivity index (χ2n) is 8.89. The van der Waals surface area contributed by atoms with Gasteiger partial charge in [0, 0.05) is 19.5 Å². The summed E-state index contributed by atoms with van der Waals surface area (Å²) in [5.41, 5.74) is 4.01. The summed E-state index contributed by atoms with van der Waals surface area (Å²) in [5, 5.41) is 30.3. The first-order chi connectivity index (χ1) is 13.2. The number of nitrogens with two attached hydrogens (primary N) is 1.